The lowest BCUT2D eigenvalue weighted by Crippen LogP contribution is -2.43. The second-order valence-corrected chi connectivity index (χ2v) is 9.82. The van der Waals surface area contributed by atoms with E-state index in [1.807, 2.05) is 23.1 Å². The molecule has 6 rings (SSSR count). The summed E-state index contributed by atoms with van der Waals surface area (Å²) in [5.74, 6) is 0.0665. The smallest absolute Gasteiger partial charge is 0.410 e. The molecule has 3 nitrogen and oxygen atoms in total. The fraction of sp³-hybridized carbons (Fsp3) is 0.250. The Balaban J connectivity index is 1.22. The third kappa shape index (κ3) is 3.46. The number of ether oxygens (including phenoxy) is 1. The molecule has 0 saturated carbocycles. The van der Waals surface area contributed by atoms with Crippen molar-refractivity contribution in [2.45, 2.75) is 37.3 Å². The highest BCUT2D eigenvalue weighted by atomic mass is 35.5. The molecule has 2 atom stereocenters. The minimum atomic E-state index is -0.232. The van der Waals surface area contributed by atoms with Crippen LogP contribution in [0.1, 0.15) is 41.9 Å². The van der Waals surface area contributed by atoms with E-state index in [1.54, 1.807) is 0 Å². The van der Waals surface area contributed by atoms with E-state index in [0.29, 0.717) is 16.7 Å². The average Bonchev–Trinajstić information content (AvgIpc) is 3.28. The molecule has 3 aromatic rings. The molecule has 3 aliphatic rings. The summed E-state index contributed by atoms with van der Waals surface area (Å²) < 4.78 is 5.95. The Labute approximate surface area is 203 Å². The molecule has 5 heteroatoms. The summed E-state index contributed by atoms with van der Waals surface area (Å²) in [7, 11) is 0. The number of carbonyl (C=O) groups is 1. The van der Waals surface area contributed by atoms with Crippen LogP contribution in [0.2, 0.25) is 10.0 Å². The predicted molar refractivity (Wildman–Crippen MR) is 133 cm³/mol. The third-order valence-corrected chi connectivity index (χ3v) is 7.86. The number of fused-ring (bicyclic) bond motifs is 5. The molecule has 1 saturated heterocycles. The Morgan fingerprint density at radius 2 is 1.52 bits per heavy atom. The van der Waals surface area contributed by atoms with Crippen molar-refractivity contribution >= 4 is 34.9 Å². The van der Waals surface area contributed by atoms with Gasteiger partial charge in [-0.25, -0.2) is 4.79 Å². The summed E-state index contributed by atoms with van der Waals surface area (Å²) in [4.78, 5) is 15.2. The summed E-state index contributed by atoms with van der Waals surface area (Å²) in [6, 6.07) is 22.5. The van der Waals surface area contributed by atoms with Crippen LogP contribution in [0.3, 0.4) is 0 Å². The van der Waals surface area contributed by atoms with Crippen LogP contribution in [-0.4, -0.2) is 29.7 Å². The van der Waals surface area contributed by atoms with Crippen LogP contribution in [0.4, 0.5) is 4.79 Å². The molecule has 0 N–H and O–H groups in total. The Morgan fingerprint density at radius 1 is 0.879 bits per heavy atom. The van der Waals surface area contributed by atoms with Crippen molar-refractivity contribution in [1.29, 1.82) is 0 Å². The number of nitrogens with zero attached hydrogens (tertiary/aromatic N) is 1. The summed E-state index contributed by atoms with van der Waals surface area (Å²) in [5.41, 5.74) is 6.94. The molecule has 1 fully saturated rings. The van der Waals surface area contributed by atoms with Gasteiger partial charge in [0, 0.05) is 27.6 Å². The zero-order chi connectivity index (χ0) is 22.5. The van der Waals surface area contributed by atoms with Gasteiger partial charge in [0.1, 0.15) is 6.61 Å². The fourth-order valence-corrected chi connectivity index (χ4v) is 6.41. The van der Waals surface area contributed by atoms with E-state index in [2.05, 4.69) is 54.6 Å². The van der Waals surface area contributed by atoms with E-state index in [-0.39, 0.29) is 24.1 Å². The maximum Gasteiger partial charge on any atom is 0.410 e. The van der Waals surface area contributed by atoms with Crippen molar-refractivity contribution in [3.63, 3.8) is 0 Å². The van der Waals surface area contributed by atoms with Crippen molar-refractivity contribution in [2.24, 2.45) is 0 Å². The van der Waals surface area contributed by atoms with Gasteiger partial charge in [-0.2, -0.15) is 0 Å². The van der Waals surface area contributed by atoms with E-state index in [9.17, 15) is 4.79 Å². The number of benzene rings is 3. The maximum atomic E-state index is 13.2. The van der Waals surface area contributed by atoms with Crippen LogP contribution in [0, 0.1) is 0 Å². The monoisotopic (exact) mass is 475 g/mol. The maximum absolute atomic E-state index is 13.2. The number of amides is 1. The summed E-state index contributed by atoms with van der Waals surface area (Å²) in [6.45, 7) is 0.343. The molecular weight excluding hydrogens is 453 g/mol. The lowest BCUT2D eigenvalue weighted by molar-refractivity contribution is 0.0867. The van der Waals surface area contributed by atoms with Gasteiger partial charge in [0.2, 0.25) is 0 Å². The van der Waals surface area contributed by atoms with Gasteiger partial charge in [0.25, 0.3) is 0 Å². The van der Waals surface area contributed by atoms with Crippen molar-refractivity contribution in [1.82, 2.24) is 4.90 Å². The van der Waals surface area contributed by atoms with Gasteiger partial charge in [-0.3, -0.25) is 4.90 Å². The third-order valence-electron chi connectivity index (χ3n) is 7.23. The predicted octanol–water partition coefficient (Wildman–Crippen LogP) is 7.56. The lowest BCUT2D eigenvalue weighted by Gasteiger charge is -2.34. The van der Waals surface area contributed by atoms with E-state index in [1.165, 1.54) is 22.3 Å². The zero-order valence-electron chi connectivity index (χ0n) is 18.0. The molecule has 2 heterocycles. The molecule has 2 bridgehead atoms. The van der Waals surface area contributed by atoms with Crippen molar-refractivity contribution in [3.05, 3.63) is 99.5 Å². The van der Waals surface area contributed by atoms with Gasteiger partial charge >= 0.3 is 6.09 Å². The number of rotatable bonds is 3. The van der Waals surface area contributed by atoms with Gasteiger partial charge in [0.15, 0.2) is 0 Å². The topological polar surface area (TPSA) is 29.5 Å². The van der Waals surface area contributed by atoms with Crippen LogP contribution in [0.25, 0.3) is 16.7 Å². The van der Waals surface area contributed by atoms with Gasteiger partial charge < -0.3 is 4.74 Å². The standard InChI is InChI=1S/C28H23Cl2NO2/c29-25-10-5-11-26(30)27(25)17-14-18-12-13-19(15-17)31(18)28(32)33-16-24-22-8-3-1-6-20(22)21-7-2-4-9-23(21)24/h1-11,14,18-19,24H,12-13,15-16H2. The number of carbonyl (C=O) groups excluding carboxylic acids is 1. The SMILES string of the molecule is O=C(OCC1c2ccccc2-c2ccccc21)N1C2C=C(c3c(Cl)cccc3Cl)CC1CC2. The molecule has 1 aliphatic carbocycles. The summed E-state index contributed by atoms with van der Waals surface area (Å²) in [5, 5.41) is 1.31. The Bertz CT molecular complexity index is 1220. The van der Waals surface area contributed by atoms with E-state index in [0.717, 1.165) is 30.4 Å². The Morgan fingerprint density at radius 3 is 2.15 bits per heavy atom. The van der Waals surface area contributed by atoms with Gasteiger partial charge in [-0.1, -0.05) is 83.9 Å². The van der Waals surface area contributed by atoms with Crippen LogP contribution in [0.15, 0.2) is 72.8 Å². The van der Waals surface area contributed by atoms with Crippen LogP contribution >= 0.6 is 23.2 Å². The van der Waals surface area contributed by atoms with E-state index < -0.39 is 0 Å². The minimum Gasteiger partial charge on any atom is -0.448 e. The Kier molecular flexibility index (Phi) is 5.20. The molecule has 3 aromatic carbocycles. The quantitative estimate of drug-likeness (QED) is 0.390. The molecule has 2 unspecified atom stereocenters. The number of hydrogen-bond donors (Lipinski definition) is 0. The molecule has 1 amide bonds. The highest BCUT2D eigenvalue weighted by Gasteiger charge is 2.41. The van der Waals surface area contributed by atoms with Crippen LogP contribution in [0.5, 0.6) is 0 Å². The van der Waals surface area contributed by atoms with Gasteiger partial charge in [-0.15, -0.1) is 0 Å². The van der Waals surface area contributed by atoms with Crippen molar-refractivity contribution in [2.75, 3.05) is 6.61 Å². The molecular formula is C28H23Cl2NO2. The normalized spacial score (nSPS) is 20.9. The second kappa shape index (κ2) is 8.23. The fourth-order valence-electron chi connectivity index (χ4n) is 5.77. The number of halogens is 2. The van der Waals surface area contributed by atoms with E-state index >= 15 is 0 Å². The van der Waals surface area contributed by atoms with Gasteiger partial charge in [-0.05, 0) is 59.2 Å². The van der Waals surface area contributed by atoms with Crippen LogP contribution < -0.4 is 0 Å². The zero-order valence-corrected chi connectivity index (χ0v) is 19.5. The molecule has 0 aromatic heterocycles. The first-order chi connectivity index (χ1) is 16.1. The van der Waals surface area contributed by atoms with Gasteiger partial charge in [0.05, 0.1) is 6.04 Å². The lowest BCUT2D eigenvalue weighted by atomic mass is 9.95. The number of hydrogen-bond acceptors (Lipinski definition) is 2. The summed E-state index contributed by atoms with van der Waals surface area (Å²) in [6.07, 6.45) is 4.55. The largest absolute Gasteiger partial charge is 0.448 e. The van der Waals surface area contributed by atoms with Crippen LogP contribution in [-0.2, 0) is 4.74 Å². The molecule has 2 aliphatic heterocycles. The Hall–Kier alpha value is -2.75. The van der Waals surface area contributed by atoms with Crippen molar-refractivity contribution in [3.8, 4) is 11.1 Å². The molecule has 33 heavy (non-hydrogen) atoms. The minimum absolute atomic E-state index is 0.0155. The molecule has 166 valence electrons. The average molecular weight is 476 g/mol. The highest BCUT2D eigenvalue weighted by molar-refractivity contribution is 6.37. The first-order valence-electron chi connectivity index (χ1n) is 11.4. The first kappa shape index (κ1) is 20.8. The first-order valence-corrected chi connectivity index (χ1v) is 12.2. The highest BCUT2D eigenvalue weighted by Crippen LogP contribution is 2.46. The molecule has 0 spiro atoms. The second-order valence-electron chi connectivity index (χ2n) is 9.00. The molecule has 0 radical (unpaired) electrons. The van der Waals surface area contributed by atoms with Crippen molar-refractivity contribution < 1.29 is 9.53 Å². The summed E-state index contributed by atoms with van der Waals surface area (Å²) >= 11 is 12.9. The van der Waals surface area contributed by atoms with E-state index in [4.69, 9.17) is 27.9 Å².